The van der Waals surface area contributed by atoms with Gasteiger partial charge in [-0.2, -0.15) is 0 Å². The van der Waals surface area contributed by atoms with Crippen LogP contribution in [0.15, 0.2) is 34.9 Å². The SMILES string of the molecule is CCNCc1occc1CN(C)c1cc(C)cc(C)c1. The number of nitrogens with zero attached hydrogens (tertiary/aromatic N) is 1. The maximum absolute atomic E-state index is 5.56. The van der Waals surface area contributed by atoms with Crippen molar-refractivity contribution in [3.63, 3.8) is 0 Å². The summed E-state index contributed by atoms with van der Waals surface area (Å²) in [6.45, 7) is 8.98. The third-order valence-electron chi connectivity index (χ3n) is 3.43. The average molecular weight is 272 g/mol. The minimum atomic E-state index is 0.791. The van der Waals surface area contributed by atoms with E-state index in [1.807, 2.05) is 0 Å². The molecule has 3 nitrogen and oxygen atoms in total. The molecule has 108 valence electrons. The van der Waals surface area contributed by atoms with Crippen molar-refractivity contribution in [1.82, 2.24) is 5.32 Å². The zero-order valence-electron chi connectivity index (χ0n) is 12.9. The Bertz CT molecular complexity index is 540. The second-order valence-electron chi connectivity index (χ2n) is 5.35. The van der Waals surface area contributed by atoms with Crippen molar-refractivity contribution in [3.8, 4) is 0 Å². The maximum Gasteiger partial charge on any atom is 0.122 e. The molecule has 2 aromatic rings. The van der Waals surface area contributed by atoms with Crippen LogP contribution in [-0.4, -0.2) is 13.6 Å². The van der Waals surface area contributed by atoms with Gasteiger partial charge in [0.15, 0.2) is 0 Å². The Hall–Kier alpha value is -1.74. The molecule has 0 unspecified atom stereocenters. The lowest BCUT2D eigenvalue weighted by molar-refractivity contribution is 0.482. The van der Waals surface area contributed by atoms with Crippen LogP contribution in [0.5, 0.6) is 0 Å². The molecule has 0 aliphatic rings. The van der Waals surface area contributed by atoms with E-state index in [4.69, 9.17) is 4.42 Å². The second kappa shape index (κ2) is 6.62. The molecule has 0 aliphatic heterocycles. The summed E-state index contributed by atoms with van der Waals surface area (Å²) >= 11 is 0. The summed E-state index contributed by atoms with van der Waals surface area (Å²) < 4.78 is 5.56. The summed E-state index contributed by atoms with van der Waals surface area (Å²) in [6, 6.07) is 8.70. The summed E-state index contributed by atoms with van der Waals surface area (Å²) in [5.74, 6) is 1.03. The average Bonchev–Trinajstić information content (AvgIpc) is 2.82. The molecule has 0 aliphatic carbocycles. The molecule has 2 rings (SSSR count). The molecule has 0 saturated carbocycles. The van der Waals surface area contributed by atoms with Crippen LogP contribution in [0.4, 0.5) is 5.69 Å². The molecule has 0 amide bonds. The van der Waals surface area contributed by atoms with Gasteiger partial charge < -0.3 is 14.6 Å². The van der Waals surface area contributed by atoms with Gasteiger partial charge in [0.2, 0.25) is 0 Å². The van der Waals surface area contributed by atoms with Gasteiger partial charge in [0.05, 0.1) is 12.8 Å². The normalized spacial score (nSPS) is 10.8. The third kappa shape index (κ3) is 3.64. The van der Waals surface area contributed by atoms with Crippen LogP contribution in [0.1, 0.15) is 29.4 Å². The molecule has 0 fully saturated rings. The number of furan rings is 1. The predicted molar refractivity (Wildman–Crippen MR) is 84.1 cm³/mol. The zero-order valence-corrected chi connectivity index (χ0v) is 12.9. The molecule has 1 heterocycles. The standard InChI is InChI=1S/C17H24N2O/c1-5-18-11-17-15(6-7-20-17)12-19(4)16-9-13(2)8-14(3)10-16/h6-10,18H,5,11-12H2,1-4H3. The van der Waals surface area contributed by atoms with Crippen LogP contribution < -0.4 is 10.2 Å². The largest absolute Gasteiger partial charge is 0.468 e. The molecular weight excluding hydrogens is 248 g/mol. The molecule has 1 N–H and O–H groups in total. The van der Waals surface area contributed by atoms with E-state index in [1.165, 1.54) is 22.4 Å². The minimum Gasteiger partial charge on any atom is -0.468 e. The number of hydrogen-bond acceptors (Lipinski definition) is 3. The van der Waals surface area contributed by atoms with Crippen LogP contribution >= 0.6 is 0 Å². The fourth-order valence-corrected chi connectivity index (χ4v) is 2.42. The van der Waals surface area contributed by atoms with Crippen molar-refractivity contribution in [2.75, 3.05) is 18.5 Å². The monoisotopic (exact) mass is 272 g/mol. The highest BCUT2D eigenvalue weighted by Crippen LogP contribution is 2.21. The van der Waals surface area contributed by atoms with Gasteiger partial charge in [-0.05, 0) is 49.7 Å². The van der Waals surface area contributed by atoms with Gasteiger partial charge in [0.1, 0.15) is 5.76 Å². The number of rotatable bonds is 6. The molecule has 0 bridgehead atoms. The molecule has 0 saturated heterocycles. The number of nitrogens with one attached hydrogen (secondary N) is 1. The highest BCUT2D eigenvalue weighted by Gasteiger charge is 2.09. The van der Waals surface area contributed by atoms with Gasteiger partial charge in [0, 0.05) is 24.8 Å². The highest BCUT2D eigenvalue weighted by molar-refractivity contribution is 5.50. The van der Waals surface area contributed by atoms with Crippen LogP contribution in [0.2, 0.25) is 0 Å². The topological polar surface area (TPSA) is 28.4 Å². The molecule has 0 radical (unpaired) electrons. The first-order valence-electron chi connectivity index (χ1n) is 7.15. The summed E-state index contributed by atoms with van der Waals surface area (Å²) in [5.41, 5.74) is 5.09. The van der Waals surface area contributed by atoms with Crippen molar-refractivity contribution in [2.45, 2.75) is 33.9 Å². The first kappa shape index (κ1) is 14.7. The Kier molecular flexibility index (Phi) is 4.85. The van der Waals surface area contributed by atoms with Gasteiger partial charge in [0.25, 0.3) is 0 Å². The van der Waals surface area contributed by atoms with Crippen molar-refractivity contribution in [1.29, 1.82) is 0 Å². The van der Waals surface area contributed by atoms with Crippen molar-refractivity contribution in [2.24, 2.45) is 0 Å². The molecule has 20 heavy (non-hydrogen) atoms. The quantitative estimate of drug-likeness (QED) is 0.870. The lowest BCUT2D eigenvalue weighted by Gasteiger charge is -2.20. The first-order chi connectivity index (χ1) is 9.60. The Balaban J connectivity index is 2.11. The Morgan fingerprint density at radius 1 is 1.15 bits per heavy atom. The lowest BCUT2D eigenvalue weighted by atomic mass is 10.1. The van der Waals surface area contributed by atoms with Crippen LogP contribution in [0, 0.1) is 13.8 Å². The smallest absolute Gasteiger partial charge is 0.122 e. The van der Waals surface area contributed by atoms with Crippen LogP contribution in [-0.2, 0) is 13.1 Å². The Morgan fingerprint density at radius 2 is 1.85 bits per heavy atom. The van der Waals surface area contributed by atoms with Gasteiger partial charge in [-0.3, -0.25) is 0 Å². The van der Waals surface area contributed by atoms with Gasteiger partial charge in [-0.25, -0.2) is 0 Å². The minimum absolute atomic E-state index is 0.791. The summed E-state index contributed by atoms with van der Waals surface area (Å²) in [5, 5.41) is 3.31. The fraction of sp³-hybridized carbons (Fsp3) is 0.412. The zero-order chi connectivity index (χ0) is 14.5. The number of anilines is 1. The number of benzene rings is 1. The first-order valence-corrected chi connectivity index (χ1v) is 7.15. The van der Waals surface area contributed by atoms with Crippen LogP contribution in [0.3, 0.4) is 0 Å². The van der Waals surface area contributed by atoms with E-state index in [-0.39, 0.29) is 0 Å². The van der Waals surface area contributed by atoms with Crippen molar-refractivity contribution >= 4 is 5.69 Å². The fourth-order valence-electron chi connectivity index (χ4n) is 2.42. The Labute approximate surface area is 121 Å². The highest BCUT2D eigenvalue weighted by atomic mass is 16.3. The van der Waals surface area contributed by atoms with Gasteiger partial charge in [-0.1, -0.05) is 13.0 Å². The molecule has 3 heteroatoms. The van der Waals surface area contributed by atoms with Crippen molar-refractivity contribution in [3.05, 3.63) is 53.0 Å². The maximum atomic E-state index is 5.56. The van der Waals surface area contributed by atoms with E-state index in [9.17, 15) is 0 Å². The number of hydrogen-bond donors (Lipinski definition) is 1. The molecule has 0 spiro atoms. The van der Waals surface area contributed by atoms with E-state index < -0.39 is 0 Å². The molecule has 1 aromatic heterocycles. The van der Waals surface area contributed by atoms with E-state index in [1.54, 1.807) is 6.26 Å². The number of aryl methyl sites for hydroxylation is 2. The van der Waals surface area contributed by atoms with Crippen molar-refractivity contribution < 1.29 is 4.42 Å². The molecule has 0 atom stereocenters. The lowest BCUT2D eigenvalue weighted by Crippen LogP contribution is -2.19. The predicted octanol–water partition coefficient (Wildman–Crippen LogP) is 3.64. The Morgan fingerprint density at radius 3 is 2.50 bits per heavy atom. The van der Waals surface area contributed by atoms with E-state index >= 15 is 0 Å². The summed E-state index contributed by atoms with van der Waals surface area (Å²) in [6.07, 6.45) is 1.78. The summed E-state index contributed by atoms with van der Waals surface area (Å²) in [4.78, 5) is 2.26. The third-order valence-corrected chi connectivity index (χ3v) is 3.43. The molecular formula is C17H24N2O. The van der Waals surface area contributed by atoms with Gasteiger partial charge in [-0.15, -0.1) is 0 Å². The molecule has 1 aromatic carbocycles. The second-order valence-corrected chi connectivity index (χ2v) is 5.35. The van der Waals surface area contributed by atoms with E-state index in [2.05, 4.69) is 62.3 Å². The van der Waals surface area contributed by atoms with Crippen LogP contribution in [0.25, 0.3) is 0 Å². The summed E-state index contributed by atoms with van der Waals surface area (Å²) in [7, 11) is 2.12. The van der Waals surface area contributed by atoms with E-state index in [0.717, 1.165) is 25.4 Å². The van der Waals surface area contributed by atoms with Gasteiger partial charge >= 0.3 is 0 Å². The van der Waals surface area contributed by atoms with E-state index in [0.29, 0.717) is 0 Å².